The summed E-state index contributed by atoms with van der Waals surface area (Å²) < 4.78 is 16.6. The molecule has 1 aliphatic carbocycles. The zero-order chi connectivity index (χ0) is 16.6. The zero-order valence-electron chi connectivity index (χ0n) is 13.7. The van der Waals surface area contributed by atoms with E-state index in [1.165, 1.54) is 12.8 Å². The summed E-state index contributed by atoms with van der Waals surface area (Å²) >= 11 is 0. The molecule has 1 aromatic rings. The number of benzene rings is 1. The quantitative estimate of drug-likeness (QED) is 0.794. The SMILES string of the molecule is COc1ccc(C2=NOC3(CCOC3=O)C2)cc1OC1CCCC1. The first kappa shape index (κ1) is 15.3. The number of carbonyl (C=O) groups is 1. The van der Waals surface area contributed by atoms with Gasteiger partial charge in [0.2, 0.25) is 5.60 Å². The molecule has 1 saturated carbocycles. The Bertz CT molecular complexity index is 680. The highest BCUT2D eigenvalue weighted by Gasteiger charge is 2.52. The normalized spacial score (nSPS) is 26.4. The number of ether oxygens (including phenoxy) is 3. The van der Waals surface area contributed by atoms with Crippen molar-refractivity contribution in [1.82, 2.24) is 0 Å². The molecule has 0 bridgehead atoms. The molecule has 0 N–H and O–H groups in total. The van der Waals surface area contributed by atoms with Crippen LogP contribution in [0.3, 0.4) is 0 Å². The molecule has 1 saturated heterocycles. The third kappa shape index (κ3) is 2.60. The van der Waals surface area contributed by atoms with Crippen LogP contribution in [0.1, 0.15) is 44.1 Å². The Kier molecular flexibility index (Phi) is 3.82. The van der Waals surface area contributed by atoms with Crippen molar-refractivity contribution >= 4 is 11.7 Å². The highest BCUT2D eigenvalue weighted by Crippen LogP contribution is 2.37. The Morgan fingerprint density at radius 2 is 2.08 bits per heavy atom. The molecule has 6 heteroatoms. The van der Waals surface area contributed by atoms with Gasteiger partial charge in [-0.15, -0.1) is 0 Å². The van der Waals surface area contributed by atoms with E-state index >= 15 is 0 Å². The molecule has 0 radical (unpaired) electrons. The van der Waals surface area contributed by atoms with Crippen molar-refractivity contribution in [3.05, 3.63) is 23.8 Å². The van der Waals surface area contributed by atoms with E-state index < -0.39 is 5.60 Å². The second kappa shape index (κ2) is 6.00. The first-order valence-electron chi connectivity index (χ1n) is 8.47. The third-order valence-corrected chi connectivity index (χ3v) is 4.99. The molecule has 2 heterocycles. The molecule has 24 heavy (non-hydrogen) atoms. The lowest BCUT2D eigenvalue weighted by Gasteiger charge is -2.17. The molecule has 4 rings (SSSR count). The maximum Gasteiger partial charge on any atom is 0.353 e. The second-order valence-electron chi connectivity index (χ2n) is 6.58. The van der Waals surface area contributed by atoms with E-state index in [1.807, 2.05) is 18.2 Å². The van der Waals surface area contributed by atoms with Crippen molar-refractivity contribution in [2.24, 2.45) is 5.16 Å². The summed E-state index contributed by atoms with van der Waals surface area (Å²) in [6.45, 7) is 0.389. The smallest absolute Gasteiger partial charge is 0.353 e. The van der Waals surface area contributed by atoms with E-state index in [9.17, 15) is 4.79 Å². The number of oxime groups is 1. The van der Waals surface area contributed by atoms with Crippen molar-refractivity contribution in [2.45, 2.75) is 50.2 Å². The van der Waals surface area contributed by atoms with Crippen molar-refractivity contribution < 1.29 is 23.8 Å². The van der Waals surface area contributed by atoms with Crippen LogP contribution in [0.15, 0.2) is 23.4 Å². The standard InChI is InChI=1S/C18H21NO5/c1-21-15-7-6-12(10-16(15)23-13-4-2-3-5-13)14-11-18(24-19-14)8-9-22-17(18)20/h6-7,10,13H,2-5,8-9,11H2,1H3. The number of rotatable bonds is 4. The summed E-state index contributed by atoms with van der Waals surface area (Å²) in [6, 6.07) is 5.72. The summed E-state index contributed by atoms with van der Waals surface area (Å²) in [7, 11) is 1.64. The minimum Gasteiger partial charge on any atom is -0.493 e. The lowest BCUT2D eigenvalue weighted by atomic mass is 9.93. The van der Waals surface area contributed by atoms with Crippen LogP contribution >= 0.6 is 0 Å². The predicted molar refractivity (Wildman–Crippen MR) is 86.4 cm³/mol. The largest absolute Gasteiger partial charge is 0.493 e. The molecule has 2 aliphatic heterocycles. The second-order valence-corrected chi connectivity index (χ2v) is 6.58. The van der Waals surface area contributed by atoms with Gasteiger partial charge in [0.15, 0.2) is 11.5 Å². The van der Waals surface area contributed by atoms with Crippen molar-refractivity contribution in [3.8, 4) is 11.5 Å². The van der Waals surface area contributed by atoms with Crippen LogP contribution in [-0.4, -0.2) is 37.1 Å². The average Bonchev–Trinajstić information content (AvgIpc) is 3.32. The van der Waals surface area contributed by atoms with Crippen molar-refractivity contribution in [1.29, 1.82) is 0 Å². The summed E-state index contributed by atoms with van der Waals surface area (Å²) in [4.78, 5) is 17.4. The minimum absolute atomic E-state index is 0.243. The molecule has 1 atom stereocenters. The van der Waals surface area contributed by atoms with Crippen molar-refractivity contribution in [3.63, 3.8) is 0 Å². The van der Waals surface area contributed by atoms with Crippen LogP contribution < -0.4 is 9.47 Å². The number of hydrogen-bond donors (Lipinski definition) is 0. The Hall–Kier alpha value is -2.24. The van der Waals surface area contributed by atoms with Gasteiger partial charge in [-0.25, -0.2) is 4.79 Å². The molecule has 0 amide bonds. The fraction of sp³-hybridized carbons (Fsp3) is 0.556. The van der Waals surface area contributed by atoms with Crippen LogP contribution in [-0.2, 0) is 14.4 Å². The zero-order valence-corrected chi connectivity index (χ0v) is 13.7. The molecule has 128 valence electrons. The monoisotopic (exact) mass is 331 g/mol. The number of methoxy groups -OCH3 is 1. The lowest BCUT2D eigenvalue weighted by molar-refractivity contribution is -0.156. The summed E-state index contributed by atoms with van der Waals surface area (Å²) in [5.41, 5.74) is 0.704. The molecular formula is C18H21NO5. The topological polar surface area (TPSA) is 66.3 Å². The Balaban J connectivity index is 1.56. The van der Waals surface area contributed by atoms with E-state index in [1.54, 1.807) is 7.11 Å². The Morgan fingerprint density at radius 1 is 1.25 bits per heavy atom. The van der Waals surface area contributed by atoms with Gasteiger partial charge in [-0.1, -0.05) is 5.16 Å². The summed E-state index contributed by atoms with van der Waals surface area (Å²) in [5, 5.41) is 4.14. The Labute approximate surface area is 140 Å². The predicted octanol–water partition coefficient (Wildman–Crippen LogP) is 2.83. The Morgan fingerprint density at radius 3 is 2.79 bits per heavy atom. The van der Waals surface area contributed by atoms with E-state index in [0.717, 1.165) is 29.9 Å². The van der Waals surface area contributed by atoms with Crippen LogP contribution in [0.25, 0.3) is 0 Å². The lowest BCUT2D eigenvalue weighted by Crippen LogP contribution is -2.34. The van der Waals surface area contributed by atoms with E-state index in [0.29, 0.717) is 25.2 Å². The molecule has 0 aromatic heterocycles. The molecule has 1 unspecified atom stereocenters. The van der Waals surface area contributed by atoms with Gasteiger partial charge in [0, 0.05) is 18.4 Å². The number of cyclic esters (lactones) is 1. The van der Waals surface area contributed by atoms with Gasteiger partial charge in [0.25, 0.3) is 0 Å². The number of nitrogens with zero attached hydrogens (tertiary/aromatic N) is 1. The van der Waals surface area contributed by atoms with E-state index in [-0.39, 0.29) is 12.1 Å². The van der Waals surface area contributed by atoms with Crippen LogP contribution in [0.2, 0.25) is 0 Å². The third-order valence-electron chi connectivity index (χ3n) is 4.99. The van der Waals surface area contributed by atoms with Gasteiger partial charge in [-0.3, -0.25) is 0 Å². The highest BCUT2D eigenvalue weighted by atomic mass is 16.7. The average molecular weight is 331 g/mol. The number of hydrogen-bond acceptors (Lipinski definition) is 6. The molecule has 1 spiro atoms. The van der Waals surface area contributed by atoms with E-state index in [4.69, 9.17) is 19.0 Å². The van der Waals surface area contributed by atoms with Gasteiger partial charge in [-0.05, 0) is 43.9 Å². The first-order chi connectivity index (χ1) is 11.7. The van der Waals surface area contributed by atoms with E-state index in [2.05, 4.69) is 5.16 Å². The fourth-order valence-corrected chi connectivity index (χ4v) is 3.55. The number of esters is 1. The van der Waals surface area contributed by atoms with Gasteiger partial charge in [-0.2, -0.15) is 0 Å². The first-order valence-corrected chi connectivity index (χ1v) is 8.47. The molecular weight excluding hydrogens is 310 g/mol. The van der Waals surface area contributed by atoms with Crippen LogP contribution in [0.4, 0.5) is 0 Å². The molecule has 1 aromatic carbocycles. The van der Waals surface area contributed by atoms with Gasteiger partial charge >= 0.3 is 5.97 Å². The number of carbonyl (C=O) groups excluding carboxylic acids is 1. The van der Waals surface area contributed by atoms with Crippen LogP contribution in [0, 0.1) is 0 Å². The molecule has 3 aliphatic rings. The molecule has 2 fully saturated rings. The fourth-order valence-electron chi connectivity index (χ4n) is 3.55. The van der Waals surface area contributed by atoms with Crippen molar-refractivity contribution in [2.75, 3.05) is 13.7 Å². The van der Waals surface area contributed by atoms with Gasteiger partial charge in [0.05, 0.1) is 25.5 Å². The van der Waals surface area contributed by atoms with Gasteiger partial charge < -0.3 is 19.0 Å². The molecule has 6 nitrogen and oxygen atoms in total. The summed E-state index contributed by atoms with van der Waals surface area (Å²) in [5.74, 6) is 1.11. The highest BCUT2D eigenvalue weighted by molar-refractivity contribution is 6.05. The maximum atomic E-state index is 11.9. The maximum absolute atomic E-state index is 11.9. The van der Waals surface area contributed by atoms with Crippen LogP contribution in [0.5, 0.6) is 11.5 Å². The van der Waals surface area contributed by atoms with Gasteiger partial charge in [0.1, 0.15) is 0 Å². The summed E-state index contributed by atoms with van der Waals surface area (Å²) in [6.07, 6.45) is 5.78. The minimum atomic E-state index is -0.929.